The minimum atomic E-state index is 0.171. The Balaban J connectivity index is 2.26. The summed E-state index contributed by atoms with van der Waals surface area (Å²) in [5.74, 6) is 0. The van der Waals surface area contributed by atoms with Crippen molar-refractivity contribution in [3.8, 4) is 0 Å². The Morgan fingerprint density at radius 2 is 2.07 bits per heavy atom. The molecule has 0 fully saturated rings. The fourth-order valence-corrected chi connectivity index (χ4v) is 3.56. The summed E-state index contributed by atoms with van der Waals surface area (Å²) in [5, 5.41) is 0.833. The van der Waals surface area contributed by atoms with Gasteiger partial charge in [0.1, 0.15) is 0 Å². The Hall–Kier alpha value is -0.611. The molecule has 1 N–H and O–H groups in total. The zero-order valence-electron chi connectivity index (χ0n) is 7.68. The van der Waals surface area contributed by atoms with E-state index in [0.717, 1.165) is 18.7 Å². The van der Waals surface area contributed by atoms with Crippen LogP contribution in [0.15, 0.2) is 40.4 Å². The van der Waals surface area contributed by atoms with E-state index < -0.39 is 0 Å². The molecule has 1 aromatic heterocycles. The Bertz CT molecular complexity index is 528. The first-order valence-corrected chi connectivity index (χ1v) is 6.84. The molecule has 0 saturated heterocycles. The van der Waals surface area contributed by atoms with Crippen LogP contribution in [0.3, 0.4) is 0 Å². The van der Waals surface area contributed by atoms with Crippen molar-refractivity contribution in [3.63, 3.8) is 0 Å². The van der Waals surface area contributed by atoms with E-state index >= 15 is 0 Å². The molecule has 15 heavy (non-hydrogen) atoms. The molecule has 76 valence electrons. The summed E-state index contributed by atoms with van der Waals surface area (Å²) in [7, 11) is 0. The van der Waals surface area contributed by atoms with Gasteiger partial charge in [0.05, 0.1) is 0 Å². The number of rotatable bonds is 2. The maximum atomic E-state index is 5.07. The molecule has 5 heteroatoms. The summed E-state index contributed by atoms with van der Waals surface area (Å²) in [6.07, 6.45) is 1.84. The van der Waals surface area contributed by atoms with Crippen LogP contribution in [0.4, 0.5) is 5.69 Å². The van der Waals surface area contributed by atoms with Gasteiger partial charge in [-0.3, -0.25) is 0 Å². The number of hydrogen-bond donors (Lipinski definition) is 2. The summed E-state index contributed by atoms with van der Waals surface area (Å²) in [5.41, 5.74) is 0.944. The molecular weight excluding hydrogens is 291 g/mol. The number of benzene rings is 1. The number of aromatic amines is 1. The van der Waals surface area contributed by atoms with Crippen LogP contribution in [-0.2, 0) is 0 Å². The van der Waals surface area contributed by atoms with Gasteiger partial charge in [-0.2, -0.15) is 0 Å². The number of aromatic nitrogens is 1. The Morgan fingerprint density at radius 1 is 1.33 bits per heavy atom. The van der Waals surface area contributed by atoms with E-state index in [4.69, 9.17) is 12.2 Å². The second-order valence-corrected chi connectivity index (χ2v) is 6.47. The molecule has 2 aromatic rings. The topological polar surface area (TPSA) is 28.1 Å². The first-order valence-electron chi connectivity index (χ1n) is 4.27. The Kier molecular flexibility index (Phi) is 3.59. The normalized spacial score (nSPS) is 11.0. The number of nitrogens with zero attached hydrogens (tertiary/aromatic N) is 1. The monoisotopic (exact) mass is 300 g/mol. The zero-order valence-corrected chi connectivity index (χ0v) is 11.1. The van der Waals surface area contributed by atoms with Crippen LogP contribution in [0.25, 0.3) is 0 Å². The molecule has 0 atom stereocenters. The van der Waals surface area contributed by atoms with Crippen LogP contribution in [0.2, 0.25) is 0 Å². The molecule has 0 bridgehead atoms. The molecule has 0 amide bonds. The van der Waals surface area contributed by atoms with Crippen molar-refractivity contribution in [2.45, 2.75) is 5.03 Å². The SMILES string of the molecule is S=c1[nH]c(S)c(C=Nc2ccccc2)[se]1. The van der Waals surface area contributed by atoms with Gasteiger partial charge in [-0.1, -0.05) is 0 Å². The van der Waals surface area contributed by atoms with Gasteiger partial charge in [0.15, 0.2) is 0 Å². The van der Waals surface area contributed by atoms with E-state index in [2.05, 4.69) is 22.6 Å². The zero-order chi connectivity index (χ0) is 10.7. The molecular formula is C10H8N2S2Se. The van der Waals surface area contributed by atoms with Gasteiger partial charge >= 0.3 is 105 Å². The van der Waals surface area contributed by atoms with Gasteiger partial charge in [0.25, 0.3) is 0 Å². The van der Waals surface area contributed by atoms with Crippen molar-refractivity contribution in [2.75, 3.05) is 0 Å². The summed E-state index contributed by atoms with van der Waals surface area (Å²) >= 11 is 9.54. The van der Waals surface area contributed by atoms with Crippen molar-refractivity contribution in [3.05, 3.63) is 38.3 Å². The number of hydrogen-bond acceptors (Lipinski definition) is 3. The van der Waals surface area contributed by atoms with Crippen LogP contribution in [0, 0.1) is 3.51 Å². The van der Waals surface area contributed by atoms with Crippen LogP contribution in [-0.4, -0.2) is 25.7 Å². The Morgan fingerprint density at radius 3 is 2.67 bits per heavy atom. The summed E-state index contributed by atoms with van der Waals surface area (Å²) in [6.45, 7) is 0. The average Bonchev–Trinajstić information content (AvgIpc) is 2.56. The van der Waals surface area contributed by atoms with Crippen molar-refractivity contribution in [1.82, 2.24) is 4.98 Å². The fraction of sp³-hybridized carbons (Fsp3) is 0. The molecule has 0 aliphatic heterocycles. The first kappa shape index (κ1) is 10.9. The standard InChI is InChI=1S/C10H8N2S2Se/c13-9-8(15-10(14)12-9)6-11-7-4-2-1-3-5-7/h1-6,13H,(H,12,14). The van der Waals surface area contributed by atoms with Crippen LogP contribution in [0.1, 0.15) is 4.44 Å². The average molecular weight is 299 g/mol. The van der Waals surface area contributed by atoms with Gasteiger partial charge in [0.2, 0.25) is 0 Å². The van der Waals surface area contributed by atoms with Gasteiger partial charge in [0, 0.05) is 0 Å². The van der Waals surface area contributed by atoms with E-state index in [9.17, 15) is 0 Å². The predicted octanol–water partition coefficient (Wildman–Crippen LogP) is 2.84. The van der Waals surface area contributed by atoms with Crippen molar-refractivity contribution < 1.29 is 0 Å². The second kappa shape index (κ2) is 4.94. The number of H-pyrrole nitrogens is 1. The molecule has 1 heterocycles. The summed E-state index contributed by atoms with van der Waals surface area (Å²) < 4.78 is 1.96. The molecule has 2 nitrogen and oxygen atoms in total. The van der Waals surface area contributed by atoms with Crippen molar-refractivity contribution in [2.24, 2.45) is 4.99 Å². The van der Waals surface area contributed by atoms with Gasteiger partial charge in [-0.15, -0.1) is 0 Å². The quantitative estimate of drug-likeness (QED) is 0.379. The van der Waals surface area contributed by atoms with Gasteiger partial charge < -0.3 is 0 Å². The molecule has 0 spiro atoms. The third kappa shape index (κ3) is 2.92. The molecule has 0 aliphatic carbocycles. The third-order valence-corrected chi connectivity index (χ3v) is 4.69. The molecule has 0 aliphatic rings. The number of para-hydroxylation sites is 1. The predicted molar refractivity (Wildman–Crippen MR) is 69.5 cm³/mol. The minimum absolute atomic E-state index is 0.171. The van der Waals surface area contributed by atoms with Crippen molar-refractivity contribution in [1.29, 1.82) is 0 Å². The van der Waals surface area contributed by atoms with Gasteiger partial charge in [-0.25, -0.2) is 0 Å². The van der Waals surface area contributed by atoms with Gasteiger partial charge in [-0.05, 0) is 0 Å². The molecule has 0 radical (unpaired) electrons. The summed E-state index contributed by atoms with van der Waals surface area (Å²) in [4.78, 5) is 7.37. The van der Waals surface area contributed by atoms with Crippen LogP contribution >= 0.6 is 24.8 Å². The van der Waals surface area contributed by atoms with E-state index in [1.807, 2.05) is 36.5 Å². The van der Waals surface area contributed by atoms with Crippen LogP contribution in [0.5, 0.6) is 0 Å². The third-order valence-electron chi connectivity index (χ3n) is 1.74. The fourth-order valence-electron chi connectivity index (χ4n) is 1.07. The second-order valence-electron chi connectivity index (χ2n) is 2.82. The molecule has 0 saturated carbocycles. The van der Waals surface area contributed by atoms with Crippen molar-refractivity contribution >= 4 is 51.3 Å². The Labute approximate surface area is 104 Å². The first-order chi connectivity index (χ1) is 7.25. The number of aliphatic imine (C=N–C) groups is 1. The van der Waals surface area contributed by atoms with E-state index in [1.165, 1.54) is 0 Å². The van der Waals surface area contributed by atoms with E-state index in [0.29, 0.717) is 0 Å². The summed E-state index contributed by atoms with van der Waals surface area (Å²) in [6, 6.07) is 9.82. The number of thiol groups is 1. The molecule has 2 rings (SSSR count). The van der Waals surface area contributed by atoms with E-state index in [-0.39, 0.29) is 14.5 Å². The molecule has 1 aromatic carbocycles. The molecule has 0 unspecified atom stereocenters. The van der Waals surface area contributed by atoms with Crippen LogP contribution < -0.4 is 0 Å². The maximum absolute atomic E-state index is 5.07. The number of nitrogens with one attached hydrogen (secondary N) is 1. The van der Waals surface area contributed by atoms with E-state index in [1.54, 1.807) is 0 Å².